The minimum atomic E-state index is -3.43. The van der Waals surface area contributed by atoms with Gasteiger partial charge in [-0.1, -0.05) is 0 Å². The molecular weight excluding hydrogens is 240 g/mol. The lowest BCUT2D eigenvalue weighted by Crippen LogP contribution is -2.42. The molecule has 0 radical (unpaired) electrons. The maximum absolute atomic E-state index is 12.1. The molecule has 1 aromatic heterocycles. The molecule has 7 heteroatoms. The van der Waals surface area contributed by atoms with Crippen LogP contribution in [0.15, 0.2) is 11.1 Å². The van der Waals surface area contributed by atoms with Crippen molar-refractivity contribution in [2.24, 2.45) is 7.05 Å². The molecule has 1 aliphatic heterocycles. The highest BCUT2D eigenvalue weighted by molar-refractivity contribution is 7.89. The van der Waals surface area contributed by atoms with Gasteiger partial charge in [0.25, 0.3) is 0 Å². The Morgan fingerprint density at radius 1 is 1.47 bits per heavy atom. The number of sulfonamides is 1. The summed E-state index contributed by atoms with van der Waals surface area (Å²) in [5.41, 5.74) is 0.659. The molecule has 6 nitrogen and oxygen atoms in total. The lowest BCUT2D eigenvalue weighted by molar-refractivity contribution is 0.427. The lowest BCUT2D eigenvalue weighted by Gasteiger charge is -2.23. The monoisotopic (exact) mass is 258 g/mol. The minimum absolute atomic E-state index is 0.0286. The molecule has 1 saturated heterocycles. The quantitative estimate of drug-likeness (QED) is 0.784. The summed E-state index contributed by atoms with van der Waals surface area (Å²) in [4.78, 5) is 0.276. The van der Waals surface area contributed by atoms with E-state index in [0.29, 0.717) is 5.69 Å². The van der Waals surface area contributed by atoms with E-state index in [1.807, 2.05) is 0 Å². The molecule has 0 atom stereocenters. The van der Waals surface area contributed by atoms with Crippen LogP contribution in [0.3, 0.4) is 0 Å². The topological polar surface area (TPSA) is 76.0 Å². The Morgan fingerprint density at radius 2 is 2.12 bits per heavy atom. The van der Waals surface area contributed by atoms with Crippen molar-refractivity contribution in [3.05, 3.63) is 11.9 Å². The third-order valence-electron chi connectivity index (χ3n) is 3.14. The van der Waals surface area contributed by atoms with E-state index in [4.69, 9.17) is 0 Å². The first-order valence-electron chi connectivity index (χ1n) is 5.72. The summed E-state index contributed by atoms with van der Waals surface area (Å²) in [5, 5.41) is 7.17. The molecule has 1 aromatic rings. The van der Waals surface area contributed by atoms with Crippen LogP contribution in [0.5, 0.6) is 0 Å². The third kappa shape index (κ3) is 2.67. The summed E-state index contributed by atoms with van der Waals surface area (Å²) in [7, 11) is -1.70. The summed E-state index contributed by atoms with van der Waals surface area (Å²) in [6.45, 7) is 3.47. The van der Waals surface area contributed by atoms with Crippen LogP contribution in [0, 0.1) is 6.92 Å². The van der Waals surface area contributed by atoms with E-state index in [1.54, 1.807) is 18.7 Å². The van der Waals surface area contributed by atoms with Gasteiger partial charge >= 0.3 is 0 Å². The summed E-state index contributed by atoms with van der Waals surface area (Å²) >= 11 is 0. The van der Waals surface area contributed by atoms with E-state index in [2.05, 4.69) is 15.1 Å². The molecule has 17 heavy (non-hydrogen) atoms. The summed E-state index contributed by atoms with van der Waals surface area (Å²) in [6, 6.07) is 0.0286. The highest BCUT2D eigenvalue weighted by atomic mass is 32.2. The van der Waals surface area contributed by atoms with Crippen molar-refractivity contribution in [3.63, 3.8) is 0 Å². The second-order valence-corrected chi connectivity index (χ2v) is 6.05. The van der Waals surface area contributed by atoms with Gasteiger partial charge < -0.3 is 5.32 Å². The second-order valence-electron chi connectivity index (χ2n) is 4.36. The molecule has 96 valence electrons. The van der Waals surface area contributed by atoms with Crippen molar-refractivity contribution in [1.29, 1.82) is 0 Å². The molecular formula is C10H18N4O2S. The van der Waals surface area contributed by atoms with Crippen LogP contribution in [-0.4, -0.2) is 37.3 Å². The van der Waals surface area contributed by atoms with Crippen molar-refractivity contribution >= 4 is 10.0 Å². The number of aromatic nitrogens is 2. The predicted octanol–water partition coefficient (Wildman–Crippen LogP) is -0.241. The fraction of sp³-hybridized carbons (Fsp3) is 0.700. The highest BCUT2D eigenvalue weighted by Gasteiger charge is 2.24. The molecule has 0 unspecified atom stereocenters. The van der Waals surface area contributed by atoms with Gasteiger partial charge in [-0.15, -0.1) is 0 Å². The van der Waals surface area contributed by atoms with E-state index < -0.39 is 10.0 Å². The largest absolute Gasteiger partial charge is 0.317 e. The van der Waals surface area contributed by atoms with E-state index in [0.717, 1.165) is 25.9 Å². The van der Waals surface area contributed by atoms with E-state index in [9.17, 15) is 8.42 Å². The highest BCUT2D eigenvalue weighted by Crippen LogP contribution is 2.15. The van der Waals surface area contributed by atoms with Gasteiger partial charge in [0.1, 0.15) is 4.90 Å². The van der Waals surface area contributed by atoms with E-state index in [-0.39, 0.29) is 10.9 Å². The lowest BCUT2D eigenvalue weighted by atomic mass is 10.1. The van der Waals surface area contributed by atoms with Gasteiger partial charge in [-0.25, -0.2) is 13.1 Å². The molecule has 0 spiro atoms. The van der Waals surface area contributed by atoms with Crippen LogP contribution in [0.2, 0.25) is 0 Å². The van der Waals surface area contributed by atoms with E-state index in [1.165, 1.54) is 6.20 Å². The van der Waals surface area contributed by atoms with Crippen molar-refractivity contribution < 1.29 is 8.42 Å². The molecule has 2 rings (SSSR count). The van der Waals surface area contributed by atoms with Gasteiger partial charge in [-0.3, -0.25) is 4.68 Å². The Bertz CT molecular complexity index is 488. The molecule has 0 aromatic carbocycles. The van der Waals surface area contributed by atoms with Gasteiger partial charge in [0.15, 0.2) is 0 Å². The fourth-order valence-electron chi connectivity index (χ4n) is 1.97. The van der Waals surface area contributed by atoms with Gasteiger partial charge in [0, 0.05) is 13.1 Å². The first-order chi connectivity index (χ1) is 8.00. The van der Waals surface area contributed by atoms with Gasteiger partial charge in [-0.2, -0.15) is 5.10 Å². The van der Waals surface area contributed by atoms with Crippen LogP contribution in [0.4, 0.5) is 0 Å². The van der Waals surface area contributed by atoms with Gasteiger partial charge in [0.2, 0.25) is 10.0 Å². The summed E-state index contributed by atoms with van der Waals surface area (Å²) in [6.07, 6.45) is 3.07. The van der Waals surface area contributed by atoms with Crippen molar-refractivity contribution in [1.82, 2.24) is 19.8 Å². The SMILES string of the molecule is Cc1c(S(=O)(=O)NC2CCNCC2)cnn1C. The predicted molar refractivity (Wildman–Crippen MR) is 64.2 cm³/mol. The number of rotatable bonds is 3. The van der Waals surface area contributed by atoms with Crippen LogP contribution in [0.1, 0.15) is 18.5 Å². The summed E-state index contributed by atoms with van der Waals surface area (Å²) in [5.74, 6) is 0. The molecule has 1 aliphatic rings. The molecule has 0 bridgehead atoms. The maximum Gasteiger partial charge on any atom is 0.244 e. The third-order valence-corrected chi connectivity index (χ3v) is 4.76. The summed E-state index contributed by atoms with van der Waals surface area (Å²) < 4.78 is 28.6. The first kappa shape index (κ1) is 12.5. The number of aryl methyl sites for hydroxylation is 1. The normalized spacial score (nSPS) is 18.5. The Labute approximate surface area is 101 Å². The molecule has 1 fully saturated rings. The fourth-order valence-corrected chi connectivity index (χ4v) is 3.47. The van der Waals surface area contributed by atoms with E-state index >= 15 is 0 Å². The van der Waals surface area contributed by atoms with Crippen molar-refractivity contribution in [3.8, 4) is 0 Å². The average Bonchev–Trinajstić information content (AvgIpc) is 2.61. The molecule has 0 aliphatic carbocycles. The van der Waals surface area contributed by atoms with Gasteiger partial charge in [-0.05, 0) is 32.9 Å². The zero-order chi connectivity index (χ0) is 12.5. The smallest absolute Gasteiger partial charge is 0.244 e. The zero-order valence-corrected chi connectivity index (χ0v) is 10.9. The Hall–Kier alpha value is -0.920. The van der Waals surface area contributed by atoms with Crippen LogP contribution in [0.25, 0.3) is 0 Å². The molecule has 2 N–H and O–H groups in total. The van der Waals surface area contributed by atoms with Crippen molar-refractivity contribution in [2.45, 2.75) is 30.7 Å². The second kappa shape index (κ2) is 4.75. The van der Waals surface area contributed by atoms with Crippen LogP contribution in [-0.2, 0) is 17.1 Å². The molecule has 0 saturated carbocycles. The Balaban J connectivity index is 2.16. The number of nitrogens with zero attached hydrogens (tertiary/aromatic N) is 2. The number of piperidine rings is 1. The molecule has 0 amide bonds. The minimum Gasteiger partial charge on any atom is -0.317 e. The number of hydrogen-bond acceptors (Lipinski definition) is 4. The van der Waals surface area contributed by atoms with Gasteiger partial charge in [0.05, 0.1) is 11.9 Å². The molecule has 2 heterocycles. The van der Waals surface area contributed by atoms with Crippen LogP contribution < -0.4 is 10.0 Å². The average molecular weight is 258 g/mol. The van der Waals surface area contributed by atoms with Crippen molar-refractivity contribution in [2.75, 3.05) is 13.1 Å². The Kier molecular flexibility index (Phi) is 3.50. The number of nitrogens with one attached hydrogen (secondary N) is 2. The zero-order valence-electron chi connectivity index (χ0n) is 10.1. The van der Waals surface area contributed by atoms with Crippen LogP contribution >= 0.6 is 0 Å². The standard InChI is InChI=1S/C10H18N4O2S/c1-8-10(7-12-14(8)2)17(15,16)13-9-3-5-11-6-4-9/h7,9,11,13H,3-6H2,1-2H3. The first-order valence-corrected chi connectivity index (χ1v) is 7.20. The number of hydrogen-bond donors (Lipinski definition) is 2. The Morgan fingerprint density at radius 3 is 2.65 bits per heavy atom. The maximum atomic E-state index is 12.1.